The quantitative estimate of drug-likeness (QED) is 0.491. The van der Waals surface area contributed by atoms with Crippen LogP contribution in [-0.2, 0) is 12.0 Å². The van der Waals surface area contributed by atoms with Crippen LogP contribution < -0.4 is 19.7 Å². The van der Waals surface area contributed by atoms with Crippen molar-refractivity contribution in [3.05, 3.63) is 47.7 Å². The Morgan fingerprint density at radius 2 is 2.21 bits per heavy atom. The number of aromatic nitrogens is 2. The Labute approximate surface area is 195 Å². The number of benzene rings is 1. The van der Waals surface area contributed by atoms with Crippen LogP contribution in [0, 0.1) is 0 Å². The molecule has 33 heavy (non-hydrogen) atoms. The lowest BCUT2D eigenvalue weighted by Gasteiger charge is -2.35. The highest BCUT2D eigenvalue weighted by Gasteiger charge is 2.52. The molecule has 1 aromatic carbocycles. The van der Waals surface area contributed by atoms with Crippen LogP contribution in [0.3, 0.4) is 0 Å². The summed E-state index contributed by atoms with van der Waals surface area (Å²) in [6.45, 7) is 3.42. The maximum Gasteiger partial charge on any atom is 0.224 e. The van der Waals surface area contributed by atoms with Crippen molar-refractivity contribution in [2.45, 2.75) is 43.4 Å². The molecule has 2 aliphatic heterocycles. The lowest BCUT2D eigenvalue weighted by Crippen LogP contribution is -2.43. The lowest BCUT2D eigenvalue weighted by molar-refractivity contribution is 0.0856. The minimum Gasteiger partial charge on any atom is -0.493 e. The summed E-state index contributed by atoms with van der Waals surface area (Å²) in [6, 6.07) is 6.11. The van der Waals surface area contributed by atoms with Gasteiger partial charge >= 0.3 is 0 Å². The first-order valence-electron chi connectivity index (χ1n) is 11.7. The van der Waals surface area contributed by atoms with Crippen LogP contribution in [0.1, 0.15) is 30.4 Å². The number of nitrogens with zero attached hydrogens (tertiary/aromatic N) is 4. The van der Waals surface area contributed by atoms with Gasteiger partial charge in [0.2, 0.25) is 5.95 Å². The number of hydrogen-bond acceptors (Lipinski definition) is 8. The number of aliphatic hydroxyl groups is 1. The number of nitrogens with one attached hydrogen (secondary N) is 1. The van der Waals surface area contributed by atoms with Gasteiger partial charge in [-0.3, -0.25) is 0 Å². The van der Waals surface area contributed by atoms with E-state index in [0.29, 0.717) is 12.4 Å². The van der Waals surface area contributed by atoms with Crippen molar-refractivity contribution >= 4 is 11.8 Å². The Morgan fingerprint density at radius 3 is 3.03 bits per heavy atom. The third-order valence-electron chi connectivity index (χ3n) is 6.99. The van der Waals surface area contributed by atoms with E-state index in [-0.39, 0.29) is 11.5 Å². The second-order valence-electron chi connectivity index (χ2n) is 9.43. The Hall–Kier alpha value is -2.84. The van der Waals surface area contributed by atoms with Gasteiger partial charge in [-0.2, -0.15) is 4.98 Å². The molecule has 0 saturated carbocycles. The summed E-state index contributed by atoms with van der Waals surface area (Å²) >= 11 is 0. The van der Waals surface area contributed by atoms with Crippen LogP contribution in [0.5, 0.6) is 11.5 Å². The molecule has 0 saturated heterocycles. The van der Waals surface area contributed by atoms with E-state index in [9.17, 15) is 5.11 Å². The van der Waals surface area contributed by atoms with E-state index in [4.69, 9.17) is 14.5 Å². The van der Waals surface area contributed by atoms with E-state index in [0.717, 1.165) is 56.3 Å². The molecule has 0 amide bonds. The molecule has 1 spiro atoms. The summed E-state index contributed by atoms with van der Waals surface area (Å²) in [5.74, 6) is 3.16. The van der Waals surface area contributed by atoms with Gasteiger partial charge in [0.05, 0.1) is 18.6 Å². The predicted octanol–water partition coefficient (Wildman–Crippen LogP) is 2.58. The first-order chi connectivity index (χ1) is 16.0. The van der Waals surface area contributed by atoms with Gasteiger partial charge in [0.25, 0.3) is 0 Å². The monoisotopic (exact) mass is 451 g/mol. The van der Waals surface area contributed by atoms with Crippen LogP contribution in [-0.4, -0.2) is 73.0 Å². The van der Waals surface area contributed by atoms with Crippen LogP contribution in [0.2, 0.25) is 0 Å². The minimum atomic E-state index is -0.480. The van der Waals surface area contributed by atoms with Crippen LogP contribution in [0.15, 0.2) is 36.5 Å². The van der Waals surface area contributed by atoms with Crippen molar-refractivity contribution in [1.82, 2.24) is 14.9 Å². The molecular weight excluding hydrogens is 418 g/mol. The number of aliphatic hydroxyl groups excluding tert-OH is 1. The molecule has 176 valence electrons. The van der Waals surface area contributed by atoms with Gasteiger partial charge in [0.15, 0.2) is 11.5 Å². The second kappa shape index (κ2) is 8.83. The molecule has 1 aromatic heterocycles. The van der Waals surface area contributed by atoms with Gasteiger partial charge < -0.3 is 29.7 Å². The third kappa shape index (κ3) is 4.02. The summed E-state index contributed by atoms with van der Waals surface area (Å²) < 4.78 is 12.0. The van der Waals surface area contributed by atoms with E-state index >= 15 is 0 Å². The van der Waals surface area contributed by atoms with Crippen molar-refractivity contribution in [1.29, 1.82) is 0 Å². The Balaban J connectivity index is 1.43. The topological polar surface area (TPSA) is 83.0 Å². The van der Waals surface area contributed by atoms with Gasteiger partial charge in [-0.05, 0) is 51.2 Å². The molecule has 0 fully saturated rings. The summed E-state index contributed by atoms with van der Waals surface area (Å²) in [4.78, 5) is 13.7. The van der Waals surface area contributed by atoms with E-state index < -0.39 is 6.10 Å². The highest BCUT2D eigenvalue weighted by molar-refractivity contribution is 5.62. The molecule has 3 aliphatic rings. The Morgan fingerprint density at radius 1 is 1.33 bits per heavy atom. The van der Waals surface area contributed by atoms with E-state index in [1.807, 2.05) is 24.4 Å². The van der Waals surface area contributed by atoms with Crippen molar-refractivity contribution in [3.63, 3.8) is 0 Å². The summed E-state index contributed by atoms with van der Waals surface area (Å²) in [5.41, 5.74) is 2.16. The molecule has 8 nitrogen and oxygen atoms in total. The number of methoxy groups -OCH3 is 1. The predicted molar refractivity (Wildman–Crippen MR) is 128 cm³/mol. The Bertz CT molecular complexity index is 1040. The second-order valence-corrected chi connectivity index (χ2v) is 9.43. The normalized spacial score (nSPS) is 25.3. The maximum absolute atomic E-state index is 10.3. The largest absolute Gasteiger partial charge is 0.493 e. The summed E-state index contributed by atoms with van der Waals surface area (Å²) in [7, 11) is 5.83. The molecule has 5 rings (SSSR count). The number of rotatable bonds is 7. The highest BCUT2D eigenvalue weighted by atomic mass is 16.5. The molecule has 3 heterocycles. The fraction of sp³-hybridized carbons (Fsp3) is 0.520. The first kappa shape index (κ1) is 22.0. The standard InChI is InChI=1S/C25H33N5O3/c1-29(2)13-4-11-26-24-27-12-8-21(28-24)30-14-10-25-9-7-18(31)15-20(25)33-23-19(32-3)6-5-17(16-30)22(23)25/h5-9,12,18,20,31H,4,10-11,13-16H2,1-3H3,(H,26,27,28)/t18-,20?,25?/m0/s1. The SMILES string of the molecule is COc1ccc2c3c1OC1C[C@@H](O)C=CC31CCN(c1ccnc(NCCCN(C)C)n1)C2. The van der Waals surface area contributed by atoms with E-state index in [1.165, 1.54) is 11.1 Å². The molecule has 2 aromatic rings. The zero-order valence-electron chi connectivity index (χ0n) is 19.6. The van der Waals surface area contributed by atoms with Gasteiger partial charge in [0, 0.05) is 37.8 Å². The number of anilines is 2. The average molecular weight is 452 g/mol. The van der Waals surface area contributed by atoms with E-state index in [2.05, 4.69) is 46.3 Å². The summed E-state index contributed by atoms with van der Waals surface area (Å²) in [6.07, 6.45) is 7.84. The zero-order valence-corrected chi connectivity index (χ0v) is 19.6. The molecule has 8 heteroatoms. The van der Waals surface area contributed by atoms with Crippen molar-refractivity contribution in [2.75, 3.05) is 51.1 Å². The Kier molecular flexibility index (Phi) is 5.88. The van der Waals surface area contributed by atoms with Crippen LogP contribution >= 0.6 is 0 Å². The van der Waals surface area contributed by atoms with Crippen molar-refractivity contribution in [2.24, 2.45) is 0 Å². The van der Waals surface area contributed by atoms with Crippen LogP contribution in [0.25, 0.3) is 0 Å². The fourth-order valence-electron chi connectivity index (χ4n) is 5.34. The molecule has 0 bridgehead atoms. The third-order valence-corrected chi connectivity index (χ3v) is 6.99. The van der Waals surface area contributed by atoms with Gasteiger partial charge in [-0.15, -0.1) is 0 Å². The maximum atomic E-state index is 10.3. The minimum absolute atomic E-state index is 0.0955. The van der Waals surface area contributed by atoms with Gasteiger partial charge in [-0.1, -0.05) is 18.2 Å². The molecule has 2 unspecified atom stereocenters. The smallest absolute Gasteiger partial charge is 0.224 e. The van der Waals surface area contributed by atoms with Gasteiger partial charge in [-0.25, -0.2) is 4.98 Å². The molecule has 1 aliphatic carbocycles. The average Bonchev–Trinajstić information content (AvgIpc) is 3.04. The zero-order chi connectivity index (χ0) is 23.0. The number of hydrogen-bond donors (Lipinski definition) is 2. The number of ether oxygens (including phenoxy) is 2. The van der Waals surface area contributed by atoms with E-state index in [1.54, 1.807) is 7.11 Å². The van der Waals surface area contributed by atoms with Crippen molar-refractivity contribution in [3.8, 4) is 11.5 Å². The molecular formula is C25H33N5O3. The van der Waals surface area contributed by atoms with Gasteiger partial charge in [0.1, 0.15) is 11.9 Å². The summed E-state index contributed by atoms with van der Waals surface area (Å²) in [5, 5.41) is 13.6. The fourth-order valence-corrected chi connectivity index (χ4v) is 5.34. The molecule has 3 atom stereocenters. The molecule has 2 N–H and O–H groups in total. The molecule has 0 radical (unpaired) electrons. The first-order valence-corrected chi connectivity index (χ1v) is 11.7. The van der Waals surface area contributed by atoms with Crippen LogP contribution in [0.4, 0.5) is 11.8 Å². The highest BCUT2D eigenvalue weighted by Crippen LogP contribution is 2.55. The van der Waals surface area contributed by atoms with Crippen molar-refractivity contribution < 1.29 is 14.6 Å². The lowest BCUT2D eigenvalue weighted by atomic mass is 9.69.